The molecule has 1 saturated carbocycles. The maximum Gasteiger partial charge on any atom is 0.225 e. The second-order valence-corrected chi connectivity index (χ2v) is 5.83. The van der Waals surface area contributed by atoms with E-state index in [0.717, 1.165) is 11.7 Å². The van der Waals surface area contributed by atoms with Gasteiger partial charge in [-0.25, -0.2) is 0 Å². The van der Waals surface area contributed by atoms with E-state index < -0.39 is 0 Å². The summed E-state index contributed by atoms with van der Waals surface area (Å²) in [6.45, 7) is 6.55. The van der Waals surface area contributed by atoms with Gasteiger partial charge in [0.1, 0.15) is 5.82 Å². The number of halogens is 1. The average Bonchev–Trinajstić information content (AvgIpc) is 2.71. The fourth-order valence-corrected chi connectivity index (χ4v) is 3.16. The van der Waals surface area contributed by atoms with Gasteiger partial charge >= 0.3 is 0 Å². The van der Waals surface area contributed by atoms with Crippen LogP contribution in [-0.4, -0.2) is 14.8 Å². The summed E-state index contributed by atoms with van der Waals surface area (Å²) < 4.78 is 2.14. The Hall–Kier alpha value is -0.570. The first kappa shape index (κ1) is 12.9. The molecule has 1 aliphatic carbocycles. The molecule has 0 radical (unpaired) electrons. The molecule has 1 fully saturated rings. The molecule has 0 aromatic carbocycles. The zero-order valence-corrected chi connectivity index (χ0v) is 11.7. The Morgan fingerprint density at radius 2 is 1.76 bits per heavy atom. The van der Waals surface area contributed by atoms with Gasteiger partial charge in [-0.15, -0.1) is 10.2 Å². The smallest absolute Gasteiger partial charge is 0.225 e. The van der Waals surface area contributed by atoms with Crippen molar-refractivity contribution in [2.24, 2.45) is 5.92 Å². The third kappa shape index (κ3) is 2.65. The lowest BCUT2D eigenvalue weighted by molar-refractivity contribution is 0.259. The summed E-state index contributed by atoms with van der Waals surface area (Å²) in [6, 6.07) is 0.426. The van der Waals surface area contributed by atoms with E-state index in [-0.39, 0.29) is 0 Å². The second-order valence-electron chi connectivity index (χ2n) is 5.49. The molecule has 1 aliphatic rings. The average molecular weight is 256 g/mol. The van der Waals surface area contributed by atoms with E-state index in [9.17, 15) is 0 Å². The van der Waals surface area contributed by atoms with Crippen LogP contribution in [0.1, 0.15) is 70.7 Å². The molecule has 17 heavy (non-hydrogen) atoms. The van der Waals surface area contributed by atoms with Crippen LogP contribution in [0.25, 0.3) is 0 Å². The lowest BCUT2D eigenvalue weighted by Crippen LogP contribution is -2.21. The van der Waals surface area contributed by atoms with Crippen molar-refractivity contribution >= 4 is 11.6 Å². The number of hydrogen-bond acceptors (Lipinski definition) is 2. The minimum absolute atomic E-state index is 0.376. The third-order valence-corrected chi connectivity index (χ3v) is 4.19. The molecule has 0 aliphatic heterocycles. The van der Waals surface area contributed by atoms with Crippen LogP contribution in [0.2, 0.25) is 5.28 Å². The van der Waals surface area contributed by atoms with Crippen molar-refractivity contribution in [3.8, 4) is 0 Å². The first-order valence-corrected chi connectivity index (χ1v) is 7.09. The Kier molecular flexibility index (Phi) is 4.08. The zero-order valence-electron chi connectivity index (χ0n) is 11.0. The monoisotopic (exact) mass is 255 g/mol. The molecular formula is C13H22ClN3. The van der Waals surface area contributed by atoms with E-state index in [1.54, 1.807) is 0 Å². The summed E-state index contributed by atoms with van der Waals surface area (Å²) >= 11 is 6.19. The minimum atomic E-state index is 0.376. The number of nitrogens with zero attached hydrogens (tertiary/aromatic N) is 3. The van der Waals surface area contributed by atoms with Crippen LogP contribution in [0.5, 0.6) is 0 Å². The predicted molar refractivity (Wildman–Crippen MR) is 70.4 cm³/mol. The van der Waals surface area contributed by atoms with E-state index in [1.807, 2.05) is 0 Å². The summed E-state index contributed by atoms with van der Waals surface area (Å²) in [5.74, 6) is 2.13. The normalized spacial score (nSPS) is 19.8. The van der Waals surface area contributed by atoms with Crippen molar-refractivity contribution in [1.82, 2.24) is 14.8 Å². The number of aromatic nitrogens is 3. The van der Waals surface area contributed by atoms with Crippen molar-refractivity contribution in [2.75, 3.05) is 0 Å². The van der Waals surface area contributed by atoms with Crippen molar-refractivity contribution in [3.05, 3.63) is 11.1 Å². The Balaban J connectivity index is 2.22. The molecule has 1 aromatic rings. The van der Waals surface area contributed by atoms with E-state index in [2.05, 4.69) is 35.5 Å². The van der Waals surface area contributed by atoms with Crippen molar-refractivity contribution in [3.63, 3.8) is 0 Å². The van der Waals surface area contributed by atoms with Gasteiger partial charge in [0.15, 0.2) is 0 Å². The predicted octanol–water partition coefficient (Wildman–Crippen LogP) is 4.20. The van der Waals surface area contributed by atoms with Crippen LogP contribution in [0.4, 0.5) is 0 Å². The molecule has 1 atom stereocenters. The maximum atomic E-state index is 6.19. The van der Waals surface area contributed by atoms with Gasteiger partial charge in [-0.2, -0.15) is 0 Å². The summed E-state index contributed by atoms with van der Waals surface area (Å²) in [7, 11) is 0. The second kappa shape index (κ2) is 5.38. The first-order valence-electron chi connectivity index (χ1n) is 6.71. The first-order chi connectivity index (χ1) is 8.11. The van der Waals surface area contributed by atoms with Gasteiger partial charge < -0.3 is 0 Å². The van der Waals surface area contributed by atoms with E-state index in [1.165, 1.54) is 32.1 Å². The van der Waals surface area contributed by atoms with Crippen LogP contribution in [0, 0.1) is 5.92 Å². The number of hydrogen-bond donors (Lipinski definition) is 0. The Morgan fingerprint density at radius 1 is 1.12 bits per heavy atom. The number of rotatable bonds is 3. The van der Waals surface area contributed by atoms with Crippen LogP contribution in [0.3, 0.4) is 0 Å². The van der Waals surface area contributed by atoms with Crippen molar-refractivity contribution < 1.29 is 0 Å². The molecule has 1 aromatic heterocycles. The van der Waals surface area contributed by atoms with Gasteiger partial charge in [-0.05, 0) is 37.3 Å². The summed E-state index contributed by atoms with van der Waals surface area (Å²) in [5, 5.41) is 8.79. The van der Waals surface area contributed by atoms with Gasteiger partial charge in [0.2, 0.25) is 5.28 Å². The van der Waals surface area contributed by atoms with Crippen LogP contribution in [-0.2, 0) is 0 Å². The summed E-state index contributed by atoms with van der Waals surface area (Å²) in [5.41, 5.74) is 0. The largest absolute Gasteiger partial charge is 0.298 e. The highest BCUT2D eigenvalue weighted by molar-refractivity contribution is 6.28. The SMILES string of the molecule is CC(C)c1nnc(Cl)n1C(C)C1CCCCC1. The van der Waals surface area contributed by atoms with Crippen LogP contribution < -0.4 is 0 Å². The molecule has 0 saturated heterocycles. The fraction of sp³-hybridized carbons (Fsp3) is 0.846. The Bertz CT molecular complexity index is 367. The van der Waals surface area contributed by atoms with E-state index in [0.29, 0.717) is 17.2 Å². The summed E-state index contributed by atoms with van der Waals surface area (Å²) in [6.07, 6.45) is 6.72. The van der Waals surface area contributed by atoms with Gasteiger partial charge in [0, 0.05) is 12.0 Å². The molecule has 0 amide bonds. The van der Waals surface area contributed by atoms with Gasteiger partial charge in [0.05, 0.1) is 0 Å². The Labute approximate surface area is 109 Å². The molecule has 2 rings (SSSR count). The molecule has 0 spiro atoms. The topological polar surface area (TPSA) is 30.7 Å². The molecule has 1 unspecified atom stereocenters. The maximum absolute atomic E-state index is 6.19. The van der Waals surface area contributed by atoms with Crippen LogP contribution >= 0.6 is 11.6 Å². The van der Waals surface area contributed by atoms with Crippen molar-refractivity contribution in [1.29, 1.82) is 0 Å². The Morgan fingerprint density at radius 3 is 2.35 bits per heavy atom. The highest BCUT2D eigenvalue weighted by Crippen LogP contribution is 2.35. The molecular weight excluding hydrogens is 234 g/mol. The molecule has 0 N–H and O–H groups in total. The highest BCUT2D eigenvalue weighted by Gasteiger charge is 2.26. The molecule has 3 nitrogen and oxygen atoms in total. The fourth-order valence-electron chi connectivity index (χ4n) is 2.88. The summed E-state index contributed by atoms with van der Waals surface area (Å²) in [4.78, 5) is 0. The van der Waals surface area contributed by atoms with Gasteiger partial charge in [-0.3, -0.25) is 4.57 Å². The molecule has 1 heterocycles. The zero-order chi connectivity index (χ0) is 12.4. The quantitative estimate of drug-likeness (QED) is 0.811. The van der Waals surface area contributed by atoms with Crippen LogP contribution in [0.15, 0.2) is 0 Å². The molecule has 4 heteroatoms. The molecule has 96 valence electrons. The third-order valence-electron chi connectivity index (χ3n) is 3.94. The van der Waals surface area contributed by atoms with E-state index >= 15 is 0 Å². The lowest BCUT2D eigenvalue weighted by Gasteiger charge is -2.30. The minimum Gasteiger partial charge on any atom is -0.298 e. The molecule has 0 bridgehead atoms. The van der Waals surface area contributed by atoms with Gasteiger partial charge in [-0.1, -0.05) is 33.1 Å². The standard InChI is InChI=1S/C13H22ClN3/c1-9(2)12-15-16-13(14)17(12)10(3)11-7-5-4-6-8-11/h9-11H,4-8H2,1-3H3. The van der Waals surface area contributed by atoms with E-state index in [4.69, 9.17) is 11.6 Å². The lowest BCUT2D eigenvalue weighted by atomic mass is 9.84. The highest BCUT2D eigenvalue weighted by atomic mass is 35.5. The van der Waals surface area contributed by atoms with Crippen molar-refractivity contribution in [2.45, 2.75) is 64.8 Å². The van der Waals surface area contributed by atoms with Gasteiger partial charge in [0.25, 0.3) is 0 Å².